The molecule has 0 spiro atoms. The second-order valence-electron chi connectivity index (χ2n) is 3.59. The fourth-order valence-electron chi connectivity index (χ4n) is 1.46. The number of benzene rings is 1. The summed E-state index contributed by atoms with van der Waals surface area (Å²) >= 11 is 0. The topological polar surface area (TPSA) is 39.4 Å². The van der Waals surface area contributed by atoms with E-state index in [0.29, 0.717) is 11.3 Å². The van der Waals surface area contributed by atoms with Gasteiger partial charge in [0.2, 0.25) is 11.2 Å². The molecule has 0 unspecified atom stereocenters. The van der Waals surface area contributed by atoms with Crippen LogP contribution < -0.4 is 10.2 Å². The number of rotatable bonds is 3. The molecule has 0 saturated heterocycles. The van der Waals surface area contributed by atoms with Crippen molar-refractivity contribution in [2.45, 2.75) is 13.5 Å². The number of ether oxygens (including phenoxy) is 1. The van der Waals surface area contributed by atoms with E-state index in [9.17, 15) is 9.18 Å². The molecule has 0 radical (unpaired) electrons. The van der Waals surface area contributed by atoms with Gasteiger partial charge in [0.05, 0.1) is 6.26 Å². The summed E-state index contributed by atoms with van der Waals surface area (Å²) in [4.78, 5) is 11.5. The maximum atomic E-state index is 12.9. The van der Waals surface area contributed by atoms with Crippen molar-refractivity contribution < 1.29 is 13.5 Å². The smallest absolute Gasteiger partial charge is 0.227 e. The highest BCUT2D eigenvalue weighted by Gasteiger charge is 2.06. The van der Waals surface area contributed by atoms with E-state index in [1.807, 2.05) is 0 Å². The molecule has 0 aliphatic heterocycles. The largest absolute Gasteiger partial charge is 0.482 e. The molecule has 0 aliphatic carbocycles. The van der Waals surface area contributed by atoms with Crippen LogP contribution in [0.2, 0.25) is 0 Å². The van der Waals surface area contributed by atoms with Crippen LogP contribution in [0.15, 0.2) is 45.8 Å². The van der Waals surface area contributed by atoms with Gasteiger partial charge in [0.1, 0.15) is 18.2 Å². The Bertz CT molecular complexity index is 575. The SMILES string of the molecule is Cc1occc(=O)c1OCc1cccc(F)c1. The normalized spacial score (nSPS) is 10.2. The van der Waals surface area contributed by atoms with E-state index in [2.05, 4.69) is 0 Å². The van der Waals surface area contributed by atoms with E-state index < -0.39 is 0 Å². The molecule has 1 aromatic heterocycles. The first-order valence-corrected chi connectivity index (χ1v) is 5.12. The average Bonchev–Trinajstić information content (AvgIpc) is 2.28. The fraction of sp³-hybridized carbons (Fsp3) is 0.154. The van der Waals surface area contributed by atoms with E-state index >= 15 is 0 Å². The second kappa shape index (κ2) is 4.82. The van der Waals surface area contributed by atoms with Gasteiger partial charge in [-0.15, -0.1) is 0 Å². The zero-order valence-corrected chi connectivity index (χ0v) is 9.27. The molecular formula is C13H11FO3. The van der Waals surface area contributed by atoms with Crippen LogP contribution in [0.4, 0.5) is 4.39 Å². The third-order valence-corrected chi connectivity index (χ3v) is 2.28. The Labute approximate surface area is 97.5 Å². The molecule has 1 heterocycles. The molecular weight excluding hydrogens is 223 g/mol. The van der Waals surface area contributed by atoms with E-state index in [4.69, 9.17) is 9.15 Å². The Morgan fingerprint density at radius 2 is 2.18 bits per heavy atom. The van der Waals surface area contributed by atoms with Crippen LogP contribution in [-0.2, 0) is 6.61 Å². The third kappa shape index (κ3) is 2.72. The Hall–Kier alpha value is -2.10. The molecule has 17 heavy (non-hydrogen) atoms. The molecule has 2 aromatic rings. The predicted molar refractivity (Wildman–Crippen MR) is 60.4 cm³/mol. The zero-order chi connectivity index (χ0) is 12.3. The minimum absolute atomic E-state index is 0.132. The molecule has 0 amide bonds. The van der Waals surface area contributed by atoms with Gasteiger partial charge in [0.25, 0.3) is 0 Å². The number of hydrogen-bond donors (Lipinski definition) is 0. The summed E-state index contributed by atoms with van der Waals surface area (Å²) in [5.74, 6) is 0.244. The Balaban J connectivity index is 2.15. The van der Waals surface area contributed by atoms with Gasteiger partial charge in [0, 0.05) is 6.07 Å². The van der Waals surface area contributed by atoms with Crippen LogP contribution in [0.3, 0.4) is 0 Å². The van der Waals surface area contributed by atoms with E-state index in [0.717, 1.165) is 0 Å². The fourth-order valence-corrected chi connectivity index (χ4v) is 1.46. The van der Waals surface area contributed by atoms with Crippen molar-refractivity contribution in [2.75, 3.05) is 0 Å². The molecule has 0 bridgehead atoms. The summed E-state index contributed by atoms with van der Waals surface area (Å²) in [5.41, 5.74) is 0.415. The maximum Gasteiger partial charge on any atom is 0.227 e. The summed E-state index contributed by atoms with van der Waals surface area (Å²) in [6.07, 6.45) is 1.31. The Morgan fingerprint density at radius 1 is 1.35 bits per heavy atom. The van der Waals surface area contributed by atoms with Crippen molar-refractivity contribution in [3.05, 3.63) is 64.0 Å². The molecule has 2 rings (SSSR count). The van der Waals surface area contributed by atoms with Crippen molar-refractivity contribution in [3.63, 3.8) is 0 Å². The molecule has 0 saturated carbocycles. The molecule has 4 heteroatoms. The maximum absolute atomic E-state index is 12.9. The van der Waals surface area contributed by atoms with E-state index in [1.165, 1.54) is 24.5 Å². The van der Waals surface area contributed by atoms with Crippen LogP contribution in [0.25, 0.3) is 0 Å². The monoisotopic (exact) mass is 234 g/mol. The lowest BCUT2D eigenvalue weighted by molar-refractivity contribution is 0.286. The van der Waals surface area contributed by atoms with Gasteiger partial charge in [-0.2, -0.15) is 0 Å². The van der Waals surface area contributed by atoms with Crippen LogP contribution in [0.1, 0.15) is 11.3 Å². The highest BCUT2D eigenvalue weighted by atomic mass is 19.1. The number of aryl methyl sites for hydroxylation is 1. The van der Waals surface area contributed by atoms with Crippen LogP contribution in [0.5, 0.6) is 5.75 Å². The zero-order valence-electron chi connectivity index (χ0n) is 9.27. The van der Waals surface area contributed by atoms with Gasteiger partial charge >= 0.3 is 0 Å². The molecule has 0 aliphatic rings. The van der Waals surface area contributed by atoms with Crippen molar-refractivity contribution in [1.82, 2.24) is 0 Å². The second-order valence-corrected chi connectivity index (χ2v) is 3.59. The van der Waals surface area contributed by atoms with E-state index in [1.54, 1.807) is 19.1 Å². The van der Waals surface area contributed by atoms with Gasteiger partial charge in [0.15, 0.2) is 0 Å². The van der Waals surface area contributed by atoms with Crippen molar-refractivity contribution in [2.24, 2.45) is 0 Å². The Kier molecular flexibility index (Phi) is 3.23. The summed E-state index contributed by atoms with van der Waals surface area (Å²) < 4.78 is 23.3. The summed E-state index contributed by atoms with van der Waals surface area (Å²) in [7, 11) is 0. The predicted octanol–water partition coefficient (Wildman–Crippen LogP) is 2.67. The van der Waals surface area contributed by atoms with Gasteiger partial charge in [-0.25, -0.2) is 4.39 Å². The van der Waals surface area contributed by atoms with Gasteiger partial charge in [-0.05, 0) is 24.6 Å². The molecule has 1 aromatic carbocycles. The quantitative estimate of drug-likeness (QED) is 0.819. The van der Waals surface area contributed by atoms with Crippen LogP contribution >= 0.6 is 0 Å². The first-order valence-electron chi connectivity index (χ1n) is 5.12. The highest BCUT2D eigenvalue weighted by molar-refractivity contribution is 5.24. The summed E-state index contributed by atoms with van der Waals surface area (Å²) in [5, 5.41) is 0. The lowest BCUT2D eigenvalue weighted by Crippen LogP contribution is -2.08. The van der Waals surface area contributed by atoms with Crippen molar-refractivity contribution >= 4 is 0 Å². The van der Waals surface area contributed by atoms with Gasteiger partial charge < -0.3 is 9.15 Å². The lowest BCUT2D eigenvalue weighted by atomic mass is 10.2. The summed E-state index contributed by atoms with van der Waals surface area (Å²) in [6, 6.07) is 7.32. The third-order valence-electron chi connectivity index (χ3n) is 2.28. The number of halogens is 1. The van der Waals surface area contributed by atoms with E-state index in [-0.39, 0.29) is 23.6 Å². The number of hydrogen-bond acceptors (Lipinski definition) is 3. The van der Waals surface area contributed by atoms with Gasteiger partial charge in [-0.1, -0.05) is 12.1 Å². The molecule has 3 nitrogen and oxygen atoms in total. The minimum Gasteiger partial charge on any atom is -0.482 e. The van der Waals surface area contributed by atoms with Crippen molar-refractivity contribution in [1.29, 1.82) is 0 Å². The molecule has 0 atom stereocenters. The average molecular weight is 234 g/mol. The molecule has 0 fully saturated rings. The van der Waals surface area contributed by atoms with Crippen molar-refractivity contribution in [3.8, 4) is 5.75 Å². The Morgan fingerprint density at radius 3 is 2.88 bits per heavy atom. The first kappa shape index (κ1) is 11.4. The lowest BCUT2D eigenvalue weighted by Gasteiger charge is -2.06. The molecule has 88 valence electrons. The van der Waals surface area contributed by atoms with Gasteiger partial charge in [-0.3, -0.25) is 4.79 Å². The minimum atomic E-state index is -0.331. The summed E-state index contributed by atoms with van der Waals surface area (Å²) in [6.45, 7) is 1.77. The standard InChI is InChI=1S/C13H11FO3/c1-9-13(12(15)5-6-16-9)17-8-10-3-2-4-11(14)7-10/h2-7H,8H2,1H3. The highest BCUT2D eigenvalue weighted by Crippen LogP contribution is 2.13. The van der Waals surface area contributed by atoms with Crippen LogP contribution in [0, 0.1) is 12.7 Å². The molecule has 0 N–H and O–H groups in total. The van der Waals surface area contributed by atoms with Crippen LogP contribution in [-0.4, -0.2) is 0 Å². The first-order chi connectivity index (χ1) is 8.16.